The van der Waals surface area contributed by atoms with Gasteiger partial charge in [0.1, 0.15) is 5.82 Å². The number of imidazole rings is 1. The van der Waals surface area contributed by atoms with Gasteiger partial charge < -0.3 is 19.2 Å². The van der Waals surface area contributed by atoms with Gasteiger partial charge in [-0.05, 0) is 39.2 Å². The van der Waals surface area contributed by atoms with Crippen molar-refractivity contribution in [2.75, 3.05) is 6.54 Å². The number of amides is 2. The number of furan rings is 1. The summed E-state index contributed by atoms with van der Waals surface area (Å²) in [5.41, 5.74) is 1.59. The van der Waals surface area contributed by atoms with E-state index in [0.29, 0.717) is 24.9 Å². The zero-order valence-electron chi connectivity index (χ0n) is 15.2. The molecule has 1 atom stereocenters. The van der Waals surface area contributed by atoms with Crippen LogP contribution in [0.3, 0.4) is 0 Å². The molecular weight excluding hydrogens is 332 g/mol. The van der Waals surface area contributed by atoms with Crippen LogP contribution >= 0.6 is 0 Å². The lowest BCUT2D eigenvalue weighted by atomic mass is 9.93. The Kier molecular flexibility index (Phi) is 4.30. The molecule has 1 N–H and O–H groups in total. The van der Waals surface area contributed by atoms with Crippen molar-refractivity contribution in [1.82, 2.24) is 19.8 Å². The Bertz CT molecular complexity index is 834. The number of fused-ring (bicyclic) bond motifs is 1. The molecular formula is C19H24N4O3. The Morgan fingerprint density at radius 1 is 1.35 bits per heavy atom. The largest absolute Gasteiger partial charge is 0.459 e. The molecule has 0 spiro atoms. The molecule has 7 nitrogen and oxygen atoms in total. The van der Waals surface area contributed by atoms with Gasteiger partial charge in [0, 0.05) is 30.9 Å². The highest BCUT2D eigenvalue weighted by molar-refractivity contribution is 5.93. The smallest absolute Gasteiger partial charge is 0.290 e. The average Bonchev–Trinajstić information content (AvgIpc) is 3.17. The quantitative estimate of drug-likeness (QED) is 0.911. The SMILES string of the molecule is Cc1ccoc1C(=O)N1CCn2cc(CC(=O)NC3CCC3)nc2[C@@H]1C. The average molecular weight is 356 g/mol. The van der Waals surface area contributed by atoms with E-state index in [9.17, 15) is 9.59 Å². The highest BCUT2D eigenvalue weighted by Gasteiger charge is 2.32. The van der Waals surface area contributed by atoms with Crippen LogP contribution in [0.1, 0.15) is 59.9 Å². The maximum Gasteiger partial charge on any atom is 0.290 e. The van der Waals surface area contributed by atoms with Gasteiger partial charge in [-0.15, -0.1) is 0 Å². The van der Waals surface area contributed by atoms with Crippen molar-refractivity contribution in [1.29, 1.82) is 0 Å². The van der Waals surface area contributed by atoms with Crippen molar-refractivity contribution in [3.05, 3.63) is 41.4 Å². The van der Waals surface area contributed by atoms with E-state index in [1.807, 2.05) is 20.0 Å². The first-order valence-corrected chi connectivity index (χ1v) is 9.23. The minimum atomic E-state index is -0.163. The number of aryl methyl sites for hydroxylation is 1. The van der Waals surface area contributed by atoms with Crippen molar-refractivity contribution >= 4 is 11.8 Å². The van der Waals surface area contributed by atoms with E-state index in [2.05, 4.69) is 14.9 Å². The van der Waals surface area contributed by atoms with Gasteiger partial charge in [0.2, 0.25) is 5.91 Å². The maximum absolute atomic E-state index is 12.8. The fourth-order valence-electron chi connectivity index (χ4n) is 3.63. The summed E-state index contributed by atoms with van der Waals surface area (Å²) in [6, 6.07) is 1.97. The fraction of sp³-hybridized carbons (Fsp3) is 0.526. The molecule has 2 aromatic heterocycles. The van der Waals surface area contributed by atoms with E-state index >= 15 is 0 Å². The predicted octanol–water partition coefficient (Wildman–Crippen LogP) is 2.21. The molecule has 2 amide bonds. The van der Waals surface area contributed by atoms with Crippen molar-refractivity contribution in [2.24, 2.45) is 0 Å². The van der Waals surface area contributed by atoms with Crippen molar-refractivity contribution in [3.63, 3.8) is 0 Å². The van der Waals surface area contributed by atoms with Crippen LogP contribution in [0.2, 0.25) is 0 Å². The summed E-state index contributed by atoms with van der Waals surface area (Å²) in [6.07, 6.45) is 7.11. The molecule has 1 fully saturated rings. The van der Waals surface area contributed by atoms with Gasteiger partial charge in [-0.3, -0.25) is 9.59 Å². The third-order valence-corrected chi connectivity index (χ3v) is 5.41. The summed E-state index contributed by atoms with van der Waals surface area (Å²) in [7, 11) is 0. The molecule has 0 unspecified atom stereocenters. The molecule has 1 aliphatic heterocycles. The van der Waals surface area contributed by atoms with E-state index in [0.717, 1.165) is 29.9 Å². The van der Waals surface area contributed by atoms with Crippen LogP contribution in [0, 0.1) is 6.92 Å². The first kappa shape index (κ1) is 16.9. The summed E-state index contributed by atoms with van der Waals surface area (Å²) < 4.78 is 7.41. The molecule has 4 rings (SSSR count). The molecule has 0 bridgehead atoms. The van der Waals surface area contributed by atoms with Crippen molar-refractivity contribution in [3.8, 4) is 0 Å². The Labute approximate surface area is 152 Å². The van der Waals surface area contributed by atoms with Gasteiger partial charge in [0.05, 0.1) is 24.4 Å². The van der Waals surface area contributed by atoms with Gasteiger partial charge in [-0.1, -0.05) is 0 Å². The summed E-state index contributed by atoms with van der Waals surface area (Å²) in [5.74, 6) is 1.12. The lowest BCUT2D eigenvalue weighted by molar-refractivity contribution is -0.121. The number of hydrogen-bond donors (Lipinski definition) is 1. The van der Waals surface area contributed by atoms with Crippen LogP contribution in [0.25, 0.3) is 0 Å². The minimum absolute atomic E-state index is 0.0249. The molecule has 2 aromatic rings. The Balaban J connectivity index is 1.47. The van der Waals surface area contributed by atoms with Crippen LogP contribution < -0.4 is 5.32 Å². The van der Waals surface area contributed by atoms with E-state index in [1.165, 1.54) is 12.7 Å². The number of carbonyl (C=O) groups excluding carboxylic acids is 2. The van der Waals surface area contributed by atoms with Crippen LogP contribution in [-0.4, -0.2) is 38.9 Å². The fourth-order valence-corrected chi connectivity index (χ4v) is 3.63. The summed E-state index contributed by atoms with van der Waals surface area (Å²) in [6.45, 7) is 5.09. The van der Waals surface area contributed by atoms with E-state index in [-0.39, 0.29) is 24.3 Å². The van der Waals surface area contributed by atoms with Gasteiger partial charge in [-0.25, -0.2) is 4.98 Å². The molecule has 26 heavy (non-hydrogen) atoms. The second-order valence-corrected chi connectivity index (χ2v) is 7.26. The highest BCUT2D eigenvalue weighted by atomic mass is 16.3. The zero-order chi connectivity index (χ0) is 18.3. The lowest BCUT2D eigenvalue weighted by Gasteiger charge is -2.33. The molecule has 7 heteroatoms. The van der Waals surface area contributed by atoms with Crippen LogP contribution in [-0.2, 0) is 17.8 Å². The van der Waals surface area contributed by atoms with Crippen molar-refractivity contribution < 1.29 is 14.0 Å². The molecule has 0 aromatic carbocycles. The van der Waals surface area contributed by atoms with E-state index in [4.69, 9.17) is 4.42 Å². The predicted molar refractivity (Wildman–Crippen MR) is 94.6 cm³/mol. The van der Waals surface area contributed by atoms with Crippen LogP contribution in [0.4, 0.5) is 0 Å². The van der Waals surface area contributed by atoms with E-state index < -0.39 is 0 Å². The van der Waals surface area contributed by atoms with Gasteiger partial charge >= 0.3 is 0 Å². The summed E-state index contributed by atoms with van der Waals surface area (Å²) >= 11 is 0. The Morgan fingerprint density at radius 3 is 2.81 bits per heavy atom. The third-order valence-electron chi connectivity index (χ3n) is 5.41. The number of hydrogen-bond acceptors (Lipinski definition) is 4. The highest BCUT2D eigenvalue weighted by Crippen LogP contribution is 2.27. The number of nitrogens with one attached hydrogen (secondary N) is 1. The van der Waals surface area contributed by atoms with Gasteiger partial charge in [0.25, 0.3) is 5.91 Å². The Hall–Kier alpha value is -2.57. The minimum Gasteiger partial charge on any atom is -0.459 e. The summed E-state index contributed by atoms with van der Waals surface area (Å²) in [4.78, 5) is 31.3. The molecule has 0 radical (unpaired) electrons. The topological polar surface area (TPSA) is 80.4 Å². The second kappa shape index (κ2) is 6.63. The number of nitrogens with zero attached hydrogens (tertiary/aromatic N) is 3. The zero-order valence-corrected chi connectivity index (χ0v) is 15.2. The van der Waals surface area contributed by atoms with Gasteiger partial charge in [0.15, 0.2) is 5.76 Å². The third kappa shape index (κ3) is 3.02. The Morgan fingerprint density at radius 2 is 2.15 bits per heavy atom. The number of carbonyl (C=O) groups is 2. The first-order valence-electron chi connectivity index (χ1n) is 9.23. The maximum atomic E-state index is 12.8. The monoisotopic (exact) mass is 356 g/mol. The first-order chi connectivity index (χ1) is 12.5. The summed E-state index contributed by atoms with van der Waals surface area (Å²) in [5, 5.41) is 3.04. The van der Waals surface area contributed by atoms with Crippen molar-refractivity contribution in [2.45, 2.75) is 58.2 Å². The molecule has 1 aliphatic carbocycles. The molecule has 1 saturated carbocycles. The molecule has 138 valence electrons. The van der Waals surface area contributed by atoms with Crippen LogP contribution in [0.5, 0.6) is 0 Å². The van der Waals surface area contributed by atoms with Crippen LogP contribution in [0.15, 0.2) is 22.9 Å². The lowest BCUT2D eigenvalue weighted by Crippen LogP contribution is -2.41. The molecule has 3 heterocycles. The second-order valence-electron chi connectivity index (χ2n) is 7.26. The normalized spacial score (nSPS) is 19.8. The van der Waals surface area contributed by atoms with E-state index in [1.54, 1.807) is 11.0 Å². The van der Waals surface area contributed by atoms with Gasteiger partial charge in [-0.2, -0.15) is 0 Å². The standard InChI is InChI=1S/C19H24N4O3/c1-12-6-9-26-17(12)19(25)23-8-7-22-11-15(21-18(22)13(23)2)10-16(24)20-14-4-3-5-14/h6,9,11,13-14H,3-5,7-8,10H2,1-2H3,(H,20,24)/t13-/m0/s1. The molecule has 2 aliphatic rings. The molecule has 0 saturated heterocycles. The number of rotatable bonds is 4. The number of aromatic nitrogens is 2.